The third kappa shape index (κ3) is 5.38. The third-order valence-corrected chi connectivity index (χ3v) is 6.02. The highest BCUT2D eigenvalue weighted by Gasteiger charge is 2.26. The van der Waals surface area contributed by atoms with Crippen LogP contribution in [0.4, 0.5) is 4.79 Å². The van der Waals surface area contributed by atoms with Gasteiger partial charge in [-0.2, -0.15) is 0 Å². The number of hydrogen-bond donors (Lipinski definition) is 2. The molecule has 166 valence electrons. The number of halogens is 1. The van der Waals surface area contributed by atoms with Gasteiger partial charge in [0.2, 0.25) is 0 Å². The Kier molecular flexibility index (Phi) is 7.58. The zero-order valence-corrected chi connectivity index (χ0v) is 19.4. The molecule has 2 N–H and O–H groups in total. The number of nitrogens with one attached hydrogen (secondary N) is 2. The van der Waals surface area contributed by atoms with Crippen molar-refractivity contribution in [2.75, 3.05) is 33.0 Å². The molecule has 2 aromatic rings. The summed E-state index contributed by atoms with van der Waals surface area (Å²) in [4.78, 5) is 26.2. The summed E-state index contributed by atoms with van der Waals surface area (Å²) < 4.78 is 7.07. The molecule has 0 fully saturated rings. The van der Waals surface area contributed by atoms with Gasteiger partial charge in [-0.25, -0.2) is 9.59 Å². The molecule has 1 aromatic heterocycles. The van der Waals surface area contributed by atoms with Crippen molar-refractivity contribution in [3.8, 4) is 5.69 Å². The van der Waals surface area contributed by atoms with Gasteiger partial charge >= 0.3 is 12.0 Å². The minimum atomic E-state index is -0.452. The normalized spacial score (nSPS) is 15.0. The lowest BCUT2D eigenvalue weighted by Crippen LogP contribution is -2.44. The lowest BCUT2D eigenvalue weighted by atomic mass is 10.2. The highest BCUT2D eigenvalue weighted by Crippen LogP contribution is 2.29. The van der Waals surface area contributed by atoms with Crippen LogP contribution in [0.2, 0.25) is 5.02 Å². The monoisotopic (exact) mass is 464 g/mol. The lowest BCUT2D eigenvalue weighted by Gasteiger charge is -2.22. The van der Waals surface area contributed by atoms with E-state index in [9.17, 15) is 9.59 Å². The average molecular weight is 465 g/mol. The van der Waals surface area contributed by atoms with Crippen molar-refractivity contribution in [3.05, 3.63) is 46.4 Å². The zero-order valence-electron chi connectivity index (χ0n) is 17.8. The number of aromatic nitrogens is 3. The van der Waals surface area contributed by atoms with Crippen LogP contribution in [-0.2, 0) is 9.53 Å². The van der Waals surface area contributed by atoms with Gasteiger partial charge in [0.05, 0.1) is 24.8 Å². The van der Waals surface area contributed by atoms with E-state index in [1.807, 2.05) is 54.8 Å². The van der Waals surface area contributed by atoms with E-state index in [1.54, 1.807) is 6.92 Å². The Morgan fingerprint density at radius 2 is 2.03 bits per heavy atom. The molecule has 1 aliphatic rings. The van der Waals surface area contributed by atoms with E-state index in [0.29, 0.717) is 27.2 Å². The molecular weight excluding hydrogens is 440 g/mol. The second-order valence-corrected chi connectivity index (χ2v) is 8.45. The van der Waals surface area contributed by atoms with Crippen LogP contribution in [0.25, 0.3) is 5.69 Å². The fourth-order valence-corrected chi connectivity index (χ4v) is 3.99. The predicted octanol–water partition coefficient (Wildman–Crippen LogP) is 2.77. The average Bonchev–Trinajstić information content (AvgIpc) is 3.16. The summed E-state index contributed by atoms with van der Waals surface area (Å²) in [6, 6.07) is 7.07. The number of carbonyl (C=O) groups is 2. The van der Waals surface area contributed by atoms with Gasteiger partial charge in [-0.3, -0.25) is 9.47 Å². The van der Waals surface area contributed by atoms with Crippen LogP contribution in [0.1, 0.15) is 25.7 Å². The minimum absolute atomic E-state index is 0.00502. The van der Waals surface area contributed by atoms with E-state index in [0.717, 1.165) is 11.5 Å². The van der Waals surface area contributed by atoms with Gasteiger partial charge in [-0.15, -0.1) is 10.2 Å². The zero-order chi connectivity index (χ0) is 22.5. The molecule has 2 amide bonds. The van der Waals surface area contributed by atoms with E-state index in [1.165, 1.54) is 11.8 Å². The van der Waals surface area contributed by atoms with Crippen LogP contribution in [0.15, 0.2) is 40.7 Å². The molecule has 3 rings (SSSR count). The van der Waals surface area contributed by atoms with E-state index < -0.39 is 5.97 Å². The number of ether oxygens (including phenoxy) is 1. The molecule has 1 aromatic carbocycles. The summed E-state index contributed by atoms with van der Waals surface area (Å²) >= 11 is 7.44. The van der Waals surface area contributed by atoms with Gasteiger partial charge in [0.25, 0.3) is 0 Å². The molecule has 2 heterocycles. The molecular formula is C20H25ClN6O3S. The van der Waals surface area contributed by atoms with Crippen LogP contribution in [0.3, 0.4) is 0 Å². The third-order valence-electron chi connectivity index (χ3n) is 4.81. The van der Waals surface area contributed by atoms with Crippen molar-refractivity contribution < 1.29 is 14.3 Å². The molecule has 0 spiro atoms. The first kappa shape index (κ1) is 23.1. The molecule has 1 unspecified atom stereocenters. The maximum absolute atomic E-state index is 12.3. The van der Waals surface area contributed by atoms with Crippen LogP contribution < -0.4 is 10.6 Å². The molecule has 31 heavy (non-hydrogen) atoms. The predicted molar refractivity (Wildman–Crippen MR) is 119 cm³/mol. The van der Waals surface area contributed by atoms with Crippen molar-refractivity contribution in [2.45, 2.75) is 25.0 Å². The molecule has 0 aliphatic carbocycles. The standard InChI is InChI=1S/C20H25ClN6O3S/c1-5-30-18(28)15-10-22-19(29)23-16(15)11-31-20-25-24-17(12(2)26(3)4)27(20)14-8-6-13(21)7-9-14/h6-9,12H,5,10-11H2,1-4H3,(H2,22,23,29). The van der Waals surface area contributed by atoms with Crippen molar-refractivity contribution in [1.29, 1.82) is 0 Å². The number of amides is 2. The van der Waals surface area contributed by atoms with Gasteiger partial charge in [-0.1, -0.05) is 23.4 Å². The Morgan fingerprint density at radius 3 is 2.68 bits per heavy atom. The highest BCUT2D eigenvalue weighted by molar-refractivity contribution is 7.99. The Balaban J connectivity index is 1.94. The Hall–Kier alpha value is -2.56. The van der Waals surface area contributed by atoms with Crippen molar-refractivity contribution in [3.63, 3.8) is 0 Å². The second-order valence-electron chi connectivity index (χ2n) is 7.07. The molecule has 0 saturated heterocycles. The summed E-state index contributed by atoms with van der Waals surface area (Å²) in [7, 11) is 3.94. The molecule has 11 heteroatoms. The largest absolute Gasteiger partial charge is 0.463 e. The molecule has 0 bridgehead atoms. The SMILES string of the molecule is CCOC(=O)C1=C(CSc2nnc(C(C)N(C)C)n2-c2ccc(Cl)cc2)NC(=O)NC1. The number of benzene rings is 1. The molecule has 1 atom stereocenters. The fraction of sp³-hybridized carbons (Fsp3) is 0.400. The smallest absolute Gasteiger partial charge is 0.337 e. The van der Waals surface area contributed by atoms with Gasteiger partial charge in [0.15, 0.2) is 11.0 Å². The number of carbonyl (C=O) groups excluding carboxylic acids is 2. The van der Waals surface area contributed by atoms with E-state index in [-0.39, 0.29) is 25.2 Å². The van der Waals surface area contributed by atoms with Crippen LogP contribution in [0, 0.1) is 0 Å². The number of thioether (sulfide) groups is 1. The van der Waals surface area contributed by atoms with E-state index in [2.05, 4.69) is 20.8 Å². The Bertz CT molecular complexity index is 989. The molecule has 0 radical (unpaired) electrons. The molecule has 0 saturated carbocycles. The number of esters is 1. The summed E-state index contributed by atoms with van der Waals surface area (Å²) in [6.07, 6.45) is 0. The quantitative estimate of drug-likeness (QED) is 0.457. The summed E-state index contributed by atoms with van der Waals surface area (Å²) in [5.41, 5.74) is 1.77. The Labute approximate surface area is 190 Å². The highest BCUT2D eigenvalue weighted by atomic mass is 35.5. The lowest BCUT2D eigenvalue weighted by molar-refractivity contribution is -0.138. The second kappa shape index (κ2) is 10.2. The molecule has 1 aliphatic heterocycles. The summed E-state index contributed by atoms with van der Waals surface area (Å²) in [5, 5.41) is 15.4. The first-order valence-corrected chi connectivity index (χ1v) is 11.1. The van der Waals surface area contributed by atoms with E-state index in [4.69, 9.17) is 16.3 Å². The van der Waals surface area contributed by atoms with Crippen LogP contribution in [-0.4, -0.2) is 64.7 Å². The number of urea groups is 1. The fourth-order valence-electron chi connectivity index (χ4n) is 2.91. The van der Waals surface area contributed by atoms with Gasteiger partial charge in [-0.05, 0) is 52.2 Å². The first-order chi connectivity index (χ1) is 14.8. The van der Waals surface area contributed by atoms with E-state index >= 15 is 0 Å². The van der Waals surface area contributed by atoms with Crippen molar-refractivity contribution in [2.24, 2.45) is 0 Å². The summed E-state index contributed by atoms with van der Waals surface area (Å²) in [5.74, 6) is 0.638. The first-order valence-electron chi connectivity index (χ1n) is 9.76. The number of rotatable bonds is 8. The molecule has 9 nitrogen and oxygen atoms in total. The van der Waals surface area contributed by atoms with Gasteiger partial charge in [0, 0.05) is 22.2 Å². The van der Waals surface area contributed by atoms with Crippen molar-refractivity contribution >= 4 is 35.4 Å². The maximum Gasteiger partial charge on any atom is 0.337 e. The van der Waals surface area contributed by atoms with Crippen LogP contribution in [0.5, 0.6) is 0 Å². The topological polar surface area (TPSA) is 101 Å². The minimum Gasteiger partial charge on any atom is -0.463 e. The van der Waals surface area contributed by atoms with Gasteiger partial charge < -0.3 is 15.4 Å². The summed E-state index contributed by atoms with van der Waals surface area (Å²) in [6.45, 7) is 4.16. The number of nitrogens with zero attached hydrogens (tertiary/aromatic N) is 4. The maximum atomic E-state index is 12.3. The van der Waals surface area contributed by atoms with Crippen molar-refractivity contribution in [1.82, 2.24) is 30.3 Å². The Morgan fingerprint density at radius 1 is 1.32 bits per heavy atom. The van der Waals surface area contributed by atoms with Gasteiger partial charge in [0.1, 0.15) is 0 Å². The number of hydrogen-bond acceptors (Lipinski definition) is 7. The van der Waals surface area contributed by atoms with Crippen LogP contribution >= 0.6 is 23.4 Å².